The van der Waals surface area contributed by atoms with E-state index >= 15 is 0 Å². The fourth-order valence-electron chi connectivity index (χ4n) is 1.39. The zero-order valence-corrected chi connectivity index (χ0v) is 9.32. The van der Waals surface area contributed by atoms with Gasteiger partial charge in [-0.3, -0.25) is 4.79 Å². The summed E-state index contributed by atoms with van der Waals surface area (Å²) in [6, 6.07) is 1.54. The summed E-state index contributed by atoms with van der Waals surface area (Å²) in [7, 11) is 0. The van der Waals surface area contributed by atoms with E-state index in [-0.39, 0.29) is 11.7 Å². The Morgan fingerprint density at radius 1 is 1.62 bits per heavy atom. The summed E-state index contributed by atoms with van der Waals surface area (Å²) in [4.78, 5) is 12.2. The molecule has 1 saturated carbocycles. The van der Waals surface area contributed by atoms with Gasteiger partial charge >= 0.3 is 0 Å². The molecule has 0 radical (unpaired) electrons. The maximum absolute atomic E-state index is 12.0. The van der Waals surface area contributed by atoms with E-state index in [2.05, 4.69) is 5.32 Å². The van der Waals surface area contributed by atoms with Gasteiger partial charge in [-0.05, 0) is 18.9 Å². The van der Waals surface area contributed by atoms with E-state index in [1.54, 1.807) is 6.07 Å². The predicted molar refractivity (Wildman–Crippen MR) is 60.3 cm³/mol. The third kappa shape index (κ3) is 2.49. The van der Waals surface area contributed by atoms with E-state index in [0.717, 1.165) is 24.2 Å². The summed E-state index contributed by atoms with van der Waals surface area (Å²) in [5.74, 6) is 0.150. The van der Waals surface area contributed by atoms with Crippen molar-refractivity contribution in [1.82, 2.24) is 0 Å². The Balaban J connectivity index is 2.05. The molecule has 1 fully saturated rings. The Morgan fingerprint density at radius 2 is 2.31 bits per heavy atom. The van der Waals surface area contributed by atoms with Gasteiger partial charge in [0.25, 0.3) is 6.43 Å². The number of nitrogens with one attached hydrogen (secondary N) is 1. The molecule has 1 aromatic heterocycles. The van der Waals surface area contributed by atoms with Crippen LogP contribution >= 0.6 is 11.3 Å². The first-order valence-electron chi connectivity index (χ1n) is 5.03. The molecule has 16 heavy (non-hydrogen) atoms. The van der Waals surface area contributed by atoms with Gasteiger partial charge in [-0.2, -0.15) is 0 Å². The number of alkyl halides is 2. The number of nitrogen functional groups attached to an aromatic ring is 1. The quantitative estimate of drug-likeness (QED) is 0.785. The standard InChI is InChI=1S/C10H12F2N2OS/c11-7(12)4-14-8-3-6(13)10(16-8)9(15)5-1-2-5/h3,5,7,14H,1-2,4,13H2. The molecule has 0 atom stereocenters. The summed E-state index contributed by atoms with van der Waals surface area (Å²) < 4.78 is 23.9. The molecule has 1 aromatic rings. The van der Waals surface area contributed by atoms with Gasteiger partial charge in [0, 0.05) is 5.92 Å². The summed E-state index contributed by atoms with van der Waals surface area (Å²) >= 11 is 1.16. The third-order valence-electron chi connectivity index (χ3n) is 2.36. The van der Waals surface area contributed by atoms with Gasteiger partial charge in [0.15, 0.2) is 5.78 Å². The molecule has 3 N–H and O–H groups in total. The van der Waals surface area contributed by atoms with E-state index in [1.807, 2.05) is 0 Å². The second-order valence-corrected chi connectivity index (χ2v) is 4.86. The first-order valence-corrected chi connectivity index (χ1v) is 5.85. The average Bonchev–Trinajstić information content (AvgIpc) is 2.99. The maximum Gasteiger partial charge on any atom is 0.255 e. The number of hydrogen-bond acceptors (Lipinski definition) is 4. The van der Waals surface area contributed by atoms with Gasteiger partial charge in [-0.1, -0.05) is 0 Å². The molecule has 1 aliphatic rings. The summed E-state index contributed by atoms with van der Waals surface area (Å²) in [5, 5.41) is 3.09. The number of halogens is 2. The molecule has 1 aliphatic carbocycles. The Labute approximate surface area is 95.6 Å². The van der Waals surface area contributed by atoms with Crippen molar-refractivity contribution in [3.63, 3.8) is 0 Å². The Bertz CT molecular complexity index is 402. The van der Waals surface area contributed by atoms with E-state index in [4.69, 9.17) is 5.73 Å². The number of ketones is 1. The zero-order valence-electron chi connectivity index (χ0n) is 8.50. The molecule has 0 aliphatic heterocycles. The molecule has 0 unspecified atom stereocenters. The lowest BCUT2D eigenvalue weighted by atomic mass is 10.2. The van der Waals surface area contributed by atoms with Gasteiger partial charge in [-0.15, -0.1) is 11.3 Å². The third-order valence-corrected chi connectivity index (χ3v) is 3.49. The highest BCUT2D eigenvalue weighted by atomic mass is 32.1. The van der Waals surface area contributed by atoms with Crippen molar-refractivity contribution >= 4 is 27.8 Å². The van der Waals surface area contributed by atoms with E-state index in [0.29, 0.717) is 15.6 Å². The first kappa shape index (κ1) is 11.3. The Kier molecular flexibility index (Phi) is 3.09. The molecule has 0 aromatic carbocycles. The Hall–Kier alpha value is -1.17. The topological polar surface area (TPSA) is 55.1 Å². The number of thiophene rings is 1. The van der Waals surface area contributed by atoms with Crippen LogP contribution in [0.5, 0.6) is 0 Å². The molecule has 0 amide bonds. The highest BCUT2D eigenvalue weighted by Crippen LogP contribution is 2.38. The van der Waals surface area contributed by atoms with E-state index < -0.39 is 13.0 Å². The van der Waals surface area contributed by atoms with E-state index in [1.165, 1.54) is 0 Å². The van der Waals surface area contributed by atoms with Crippen molar-refractivity contribution in [3.05, 3.63) is 10.9 Å². The molecule has 6 heteroatoms. The predicted octanol–water partition coefficient (Wildman–Crippen LogP) is 2.60. The fraction of sp³-hybridized carbons (Fsp3) is 0.500. The van der Waals surface area contributed by atoms with Gasteiger partial charge in [0.05, 0.1) is 22.1 Å². The van der Waals surface area contributed by atoms with E-state index in [9.17, 15) is 13.6 Å². The molecule has 2 rings (SSSR count). The number of nitrogens with two attached hydrogens (primary N) is 1. The van der Waals surface area contributed by atoms with Crippen molar-refractivity contribution in [2.45, 2.75) is 19.3 Å². The van der Waals surface area contributed by atoms with Crippen molar-refractivity contribution in [2.24, 2.45) is 5.92 Å². The number of Topliss-reactive ketones (excluding diaryl/α,β-unsaturated/α-hetero) is 1. The van der Waals surface area contributed by atoms with Crippen LogP contribution in [0.4, 0.5) is 19.5 Å². The normalized spacial score (nSPS) is 15.4. The largest absolute Gasteiger partial charge is 0.397 e. The second kappa shape index (κ2) is 4.37. The molecule has 88 valence electrons. The van der Waals surface area contributed by atoms with Gasteiger partial charge in [0.1, 0.15) is 0 Å². The molecule has 3 nitrogen and oxygen atoms in total. The fourth-order valence-corrected chi connectivity index (χ4v) is 2.40. The van der Waals surface area contributed by atoms with Crippen molar-refractivity contribution < 1.29 is 13.6 Å². The molecule has 1 heterocycles. The maximum atomic E-state index is 12.0. The SMILES string of the molecule is Nc1cc(NCC(F)F)sc1C(=O)C1CC1. The molecule has 0 spiro atoms. The van der Waals surface area contributed by atoms with Crippen molar-refractivity contribution in [1.29, 1.82) is 0 Å². The van der Waals surface area contributed by atoms with Crippen LogP contribution in [0, 0.1) is 5.92 Å². The summed E-state index contributed by atoms with van der Waals surface area (Å²) in [6.45, 7) is -0.420. The minimum atomic E-state index is -2.41. The molecular weight excluding hydrogens is 234 g/mol. The number of anilines is 2. The van der Waals surface area contributed by atoms with Crippen LogP contribution in [-0.2, 0) is 0 Å². The summed E-state index contributed by atoms with van der Waals surface area (Å²) in [5.41, 5.74) is 6.06. The molecule has 0 bridgehead atoms. The van der Waals surface area contributed by atoms with Crippen molar-refractivity contribution in [3.8, 4) is 0 Å². The minimum absolute atomic E-state index is 0.0487. The molecular formula is C10H12F2N2OS. The van der Waals surface area contributed by atoms with Crippen LogP contribution in [0.2, 0.25) is 0 Å². The zero-order chi connectivity index (χ0) is 11.7. The molecule has 0 saturated heterocycles. The monoisotopic (exact) mass is 246 g/mol. The van der Waals surface area contributed by atoms with Crippen LogP contribution < -0.4 is 11.1 Å². The van der Waals surface area contributed by atoms with Crippen LogP contribution in [0.25, 0.3) is 0 Å². The first-order chi connectivity index (χ1) is 7.58. The van der Waals surface area contributed by atoms with Gasteiger partial charge in [-0.25, -0.2) is 8.78 Å². The van der Waals surface area contributed by atoms with Crippen LogP contribution in [-0.4, -0.2) is 18.8 Å². The van der Waals surface area contributed by atoms with Gasteiger partial charge in [0.2, 0.25) is 0 Å². The lowest BCUT2D eigenvalue weighted by molar-refractivity contribution is 0.0972. The minimum Gasteiger partial charge on any atom is -0.397 e. The number of carbonyl (C=O) groups is 1. The van der Waals surface area contributed by atoms with Crippen molar-refractivity contribution in [2.75, 3.05) is 17.6 Å². The smallest absolute Gasteiger partial charge is 0.255 e. The van der Waals surface area contributed by atoms with Crippen LogP contribution in [0.1, 0.15) is 22.5 Å². The van der Waals surface area contributed by atoms with Crippen LogP contribution in [0.15, 0.2) is 6.07 Å². The lowest BCUT2D eigenvalue weighted by Gasteiger charge is -2.00. The number of rotatable bonds is 5. The van der Waals surface area contributed by atoms with Gasteiger partial charge < -0.3 is 11.1 Å². The lowest BCUT2D eigenvalue weighted by Crippen LogP contribution is -2.08. The highest BCUT2D eigenvalue weighted by Gasteiger charge is 2.32. The number of hydrogen-bond donors (Lipinski definition) is 2. The highest BCUT2D eigenvalue weighted by molar-refractivity contribution is 7.18. The van der Waals surface area contributed by atoms with Crippen LogP contribution in [0.3, 0.4) is 0 Å². The summed E-state index contributed by atoms with van der Waals surface area (Å²) in [6.07, 6.45) is -0.586. The average molecular weight is 246 g/mol. The second-order valence-electron chi connectivity index (χ2n) is 3.81. The number of carbonyl (C=O) groups excluding carboxylic acids is 1. The Morgan fingerprint density at radius 3 is 2.88 bits per heavy atom.